The van der Waals surface area contributed by atoms with E-state index in [0.717, 1.165) is 64.2 Å². The van der Waals surface area contributed by atoms with E-state index < -0.39 is 76.3 Å². The summed E-state index contributed by atoms with van der Waals surface area (Å²) in [6.07, 6.45) is 57.4. The number of allylic oxidation sites excluding steroid dienone is 20. The van der Waals surface area contributed by atoms with Gasteiger partial charge < -0.3 is 24.8 Å². The van der Waals surface area contributed by atoms with Crippen LogP contribution < -0.4 is 0 Å². The van der Waals surface area contributed by atoms with E-state index in [-0.39, 0.29) is 19.3 Å². The zero-order valence-corrected chi connectivity index (χ0v) is 42.2. The first-order valence-corrected chi connectivity index (χ1v) is 25.7. The number of carbonyl (C=O) groups excluding carboxylic acids is 3. The second-order valence-electron chi connectivity index (χ2n) is 19.5. The first-order chi connectivity index (χ1) is 32.8. The molecule has 0 aromatic heterocycles. The number of aliphatic hydroxyl groups is 3. The fraction of sp³-hybridized carbons (Fsp3) is 0.550. The number of carbonyl (C=O) groups is 3. The summed E-state index contributed by atoms with van der Waals surface area (Å²) < 4.78 is 13.0. The van der Waals surface area contributed by atoms with Crippen molar-refractivity contribution in [2.45, 2.75) is 174 Å². The summed E-state index contributed by atoms with van der Waals surface area (Å²) in [6, 6.07) is 0. The van der Waals surface area contributed by atoms with Crippen molar-refractivity contribution in [3.8, 4) is 0 Å². The lowest BCUT2D eigenvalue weighted by atomic mass is 9.59. The highest BCUT2D eigenvalue weighted by Crippen LogP contribution is 2.77. The molecule has 3 N–H and O–H groups in total. The molecule has 0 amide bonds. The van der Waals surface area contributed by atoms with Crippen LogP contribution in [-0.4, -0.2) is 62.6 Å². The molecule has 0 saturated heterocycles. The highest BCUT2D eigenvalue weighted by atomic mass is 16.6. The van der Waals surface area contributed by atoms with E-state index in [4.69, 9.17) is 9.47 Å². The summed E-state index contributed by atoms with van der Waals surface area (Å²) in [4.78, 5) is 41.3. The maximum atomic E-state index is 13.9. The molecule has 4 aliphatic carbocycles. The predicted octanol–water partition coefficient (Wildman–Crippen LogP) is 12.9. The molecule has 0 bridgehead atoms. The van der Waals surface area contributed by atoms with E-state index in [1.54, 1.807) is 26.0 Å². The van der Waals surface area contributed by atoms with Crippen molar-refractivity contribution in [1.29, 1.82) is 0 Å². The standard InChI is InChI=1S/C60H84O8/c1-7-9-11-13-15-17-19-21-23-25-27-29-31-33-35-37-39-41-52(62)67-56-48(4)59(66)50(44-49(46-61)45-58(65)51(59)43-47(3)55(58)64)54-57(5,6)60(54,56)68-53(63)42-40-38-36-34-32-30-28-26-24-22-20-18-16-14-12-10-8-2/h9-12,15-18,21-24,27-30,33-36,43-44,48,50-51,54,56,61,65-66H,7-8,13-14,19-20,25-26,31-32,37-42,45-46H2,1-6H3/b11-9+,12-10+,17-15+,18-16+,23-21+,24-22+,29-27+,30-28+,35-33+,36-34+/t48-,50+,51-,54-,56-,58-,59-,60-/m1/s1. The first-order valence-electron chi connectivity index (χ1n) is 25.7. The molecule has 8 atom stereocenters. The van der Waals surface area contributed by atoms with Crippen LogP contribution in [-0.2, 0) is 23.9 Å². The Labute approximate surface area is 409 Å². The third-order valence-corrected chi connectivity index (χ3v) is 14.3. The number of unbranched alkanes of at least 4 members (excludes halogenated alkanes) is 2. The van der Waals surface area contributed by atoms with Crippen LogP contribution in [0, 0.1) is 29.1 Å². The Hall–Kier alpha value is -4.63. The SMILES string of the molecule is CC/C=C/C/C=C/C/C=C/C/C=C/C/C=C/CCCC(=O)O[C@@H]1[C@@H](C)[C@@]2(O)[C@@H](C=C(CO)C[C@]3(O)C(=O)C(C)=C[C@@H]23)[C@@H]2C(C)(C)[C@]12OC(=O)CCC/C=C/C/C=C/C/C=C/C/C=C/C/C=C/CC. The van der Waals surface area contributed by atoms with E-state index in [1.807, 2.05) is 13.8 Å². The van der Waals surface area contributed by atoms with Crippen molar-refractivity contribution in [1.82, 2.24) is 0 Å². The second kappa shape index (κ2) is 28.1. The van der Waals surface area contributed by atoms with Crippen LogP contribution in [0.5, 0.6) is 0 Å². The number of hydrogen-bond donors (Lipinski definition) is 3. The van der Waals surface area contributed by atoms with Gasteiger partial charge in [-0.05, 0) is 108 Å². The number of aliphatic hydroxyl groups excluding tert-OH is 1. The summed E-state index contributed by atoms with van der Waals surface area (Å²) in [6.45, 7) is 11.2. The van der Waals surface area contributed by atoms with Gasteiger partial charge in [0.05, 0.1) is 12.2 Å². The maximum Gasteiger partial charge on any atom is 0.306 e. The van der Waals surface area contributed by atoms with Gasteiger partial charge in [0.15, 0.2) is 11.4 Å². The summed E-state index contributed by atoms with van der Waals surface area (Å²) in [7, 11) is 0. The van der Waals surface area contributed by atoms with Crippen molar-refractivity contribution in [3.63, 3.8) is 0 Å². The van der Waals surface area contributed by atoms with Crippen LogP contribution in [0.15, 0.2) is 145 Å². The van der Waals surface area contributed by atoms with Crippen molar-refractivity contribution < 1.29 is 39.2 Å². The Morgan fingerprint density at radius 3 is 1.49 bits per heavy atom. The minimum atomic E-state index is -1.98. The van der Waals surface area contributed by atoms with E-state index >= 15 is 0 Å². The van der Waals surface area contributed by atoms with Gasteiger partial charge in [-0.2, -0.15) is 0 Å². The second-order valence-corrected chi connectivity index (χ2v) is 19.5. The Bertz CT molecular complexity index is 2020. The van der Waals surface area contributed by atoms with Crippen molar-refractivity contribution in [2.24, 2.45) is 29.1 Å². The van der Waals surface area contributed by atoms with Crippen LogP contribution in [0.25, 0.3) is 0 Å². The van der Waals surface area contributed by atoms with Crippen molar-refractivity contribution in [3.05, 3.63) is 145 Å². The monoisotopic (exact) mass is 933 g/mol. The van der Waals surface area contributed by atoms with Gasteiger partial charge in [0.25, 0.3) is 0 Å². The van der Waals surface area contributed by atoms with Crippen LogP contribution in [0.2, 0.25) is 0 Å². The minimum absolute atomic E-state index is 0.126. The number of hydrogen-bond acceptors (Lipinski definition) is 8. The topological polar surface area (TPSA) is 130 Å². The molecule has 8 heteroatoms. The van der Waals surface area contributed by atoms with Gasteiger partial charge in [-0.25, -0.2) is 0 Å². The average Bonchev–Trinajstić information content (AvgIpc) is 3.74. The molecule has 2 fully saturated rings. The lowest BCUT2D eigenvalue weighted by Crippen LogP contribution is -2.66. The first kappa shape index (κ1) is 56.0. The van der Waals surface area contributed by atoms with Gasteiger partial charge >= 0.3 is 11.9 Å². The third kappa shape index (κ3) is 14.5. The number of esters is 2. The van der Waals surface area contributed by atoms with Gasteiger partial charge in [0, 0.05) is 48.3 Å². The largest absolute Gasteiger partial charge is 0.458 e. The number of Topliss-reactive ketones (excluding diaryl/α,β-unsaturated/α-hetero) is 1. The molecule has 2 saturated carbocycles. The van der Waals surface area contributed by atoms with Crippen molar-refractivity contribution in [2.75, 3.05) is 6.61 Å². The average molecular weight is 933 g/mol. The van der Waals surface area contributed by atoms with Crippen LogP contribution in [0.3, 0.4) is 0 Å². The number of fused-ring (bicyclic) bond motifs is 5. The highest BCUT2D eigenvalue weighted by Gasteiger charge is 2.88. The zero-order chi connectivity index (χ0) is 49.5. The van der Waals surface area contributed by atoms with Crippen LogP contribution >= 0.6 is 0 Å². The minimum Gasteiger partial charge on any atom is -0.458 e. The van der Waals surface area contributed by atoms with Crippen molar-refractivity contribution >= 4 is 17.7 Å². The summed E-state index contributed by atoms with van der Waals surface area (Å²) in [5.41, 5.74) is -5.02. The van der Waals surface area contributed by atoms with Crippen LogP contribution in [0.1, 0.15) is 151 Å². The van der Waals surface area contributed by atoms with E-state index in [0.29, 0.717) is 36.8 Å². The molecule has 4 rings (SSSR count). The lowest BCUT2D eigenvalue weighted by Gasteiger charge is -2.53. The zero-order valence-electron chi connectivity index (χ0n) is 42.2. The Morgan fingerprint density at radius 1 is 0.647 bits per heavy atom. The molecular weight excluding hydrogens is 849 g/mol. The van der Waals surface area contributed by atoms with E-state index in [9.17, 15) is 29.7 Å². The summed E-state index contributed by atoms with van der Waals surface area (Å²) in [5, 5.41) is 35.7. The molecule has 0 aliphatic heterocycles. The van der Waals surface area contributed by atoms with E-state index in [2.05, 4.69) is 135 Å². The van der Waals surface area contributed by atoms with Gasteiger partial charge in [0.2, 0.25) is 0 Å². The molecule has 0 radical (unpaired) electrons. The number of ether oxygens (including phenoxy) is 2. The molecule has 0 aromatic carbocycles. The molecule has 0 unspecified atom stereocenters. The summed E-state index contributed by atoms with van der Waals surface area (Å²) >= 11 is 0. The van der Waals surface area contributed by atoms with Gasteiger partial charge in [-0.1, -0.05) is 168 Å². The van der Waals surface area contributed by atoms with Gasteiger partial charge in [0.1, 0.15) is 11.7 Å². The Morgan fingerprint density at radius 2 is 1.06 bits per heavy atom. The quantitative estimate of drug-likeness (QED) is 0.0384. The maximum absolute atomic E-state index is 13.9. The normalized spacial score (nSPS) is 29.2. The molecule has 0 aromatic rings. The van der Waals surface area contributed by atoms with E-state index in [1.165, 1.54) is 0 Å². The number of ketones is 1. The summed E-state index contributed by atoms with van der Waals surface area (Å²) in [5.74, 6) is -4.51. The lowest BCUT2D eigenvalue weighted by molar-refractivity contribution is -0.229. The molecule has 8 nitrogen and oxygen atoms in total. The molecule has 372 valence electrons. The molecule has 68 heavy (non-hydrogen) atoms. The highest BCUT2D eigenvalue weighted by molar-refractivity contribution is 6.04. The molecule has 0 spiro atoms. The number of rotatable bonds is 29. The molecule has 4 aliphatic rings. The fourth-order valence-electron chi connectivity index (χ4n) is 10.7. The Kier molecular flexibility index (Phi) is 23.2. The smallest absolute Gasteiger partial charge is 0.306 e. The van der Waals surface area contributed by atoms with Gasteiger partial charge in [-0.3, -0.25) is 14.4 Å². The Balaban J connectivity index is 1.37. The molecular formula is C60H84O8. The molecule has 0 heterocycles. The third-order valence-electron chi connectivity index (χ3n) is 14.3. The fourth-order valence-corrected chi connectivity index (χ4v) is 10.7. The van der Waals surface area contributed by atoms with Gasteiger partial charge in [-0.15, -0.1) is 0 Å². The predicted molar refractivity (Wildman–Crippen MR) is 277 cm³/mol. The van der Waals surface area contributed by atoms with Crippen LogP contribution in [0.4, 0.5) is 0 Å².